The van der Waals surface area contributed by atoms with Crippen molar-refractivity contribution in [3.05, 3.63) is 58.3 Å². The van der Waals surface area contributed by atoms with Crippen LogP contribution in [0.25, 0.3) is 11.1 Å². The summed E-state index contributed by atoms with van der Waals surface area (Å²) >= 11 is 0. The summed E-state index contributed by atoms with van der Waals surface area (Å²) in [5.41, 5.74) is 1.85. The molecular weight excluding hydrogens is 409 g/mol. The maximum Gasteiger partial charge on any atom is 0.258 e. The lowest BCUT2D eigenvalue weighted by Gasteiger charge is -2.35. The highest BCUT2D eigenvalue weighted by Gasteiger charge is 2.54. The third-order valence-electron chi connectivity index (χ3n) is 7.76. The van der Waals surface area contributed by atoms with Crippen LogP contribution in [-0.4, -0.2) is 46.2 Å². The summed E-state index contributed by atoms with van der Waals surface area (Å²) in [6, 6.07) is 9.46. The van der Waals surface area contributed by atoms with Crippen LogP contribution in [0.15, 0.2) is 41.2 Å². The van der Waals surface area contributed by atoms with Gasteiger partial charge in [-0.25, -0.2) is 4.39 Å². The Labute approximate surface area is 187 Å². The maximum absolute atomic E-state index is 13.4. The van der Waals surface area contributed by atoms with Gasteiger partial charge in [0, 0.05) is 42.4 Å². The third kappa shape index (κ3) is 3.48. The van der Waals surface area contributed by atoms with Crippen LogP contribution >= 0.6 is 0 Å². The number of hydrogen-bond acceptors (Lipinski definition) is 4. The van der Waals surface area contributed by atoms with Gasteiger partial charge in [0.15, 0.2) is 0 Å². The Morgan fingerprint density at radius 1 is 1.12 bits per heavy atom. The lowest BCUT2D eigenvalue weighted by atomic mass is 9.85. The van der Waals surface area contributed by atoms with Gasteiger partial charge in [-0.05, 0) is 49.7 Å². The van der Waals surface area contributed by atoms with Crippen molar-refractivity contribution in [1.82, 2.24) is 14.8 Å². The number of aliphatic hydroxyl groups excluding tert-OH is 1. The quantitative estimate of drug-likeness (QED) is 0.768. The van der Waals surface area contributed by atoms with Gasteiger partial charge in [-0.3, -0.25) is 14.5 Å². The van der Waals surface area contributed by atoms with E-state index < -0.39 is 5.92 Å². The molecular formula is C25H30FN3O3. The van der Waals surface area contributed by atoms with Crippen molar-refractivity contribution >= 4 is 5.91 Å². The number of benzene rings is 1. The molecule has 6 nitrogen and oxygen atoms in total. The van der Waals surface area contributed by atoms with Crippen LogP contribution in [0.5, 0.6) is 0 Å². The van der Waals surface area contributed by atoms with Gasteiger partial charge >= 0.3 is 0 Å². The van der Waals surface area contributed by atoms with Crippen molar-refractivity contribution in [2.75, 3.05) is 13.7 Å². The molecule has 2 fully saturated rings. The van der Waals surface area contributed by atoms with Crippen LogP contribution in [0.1, 0.15) is 43.8 Å². The molecule has 2 N–H and O–H groups in total. The first-order chi connectivity index (χ1) is 15.5. The highest BCUT2D eigenvalue weighted by molar-refractivity contribution is 5.81. The molecule has 2 aliphatic heterocycles. The number of fused-ring (bicyclic) bond motifs is 4. The second-order valence-electron chi connectivity index (χ2n) is 9.49. The Bertz CT molecular complexity index is 1060. The maximum atomic E-state index is 13.4. The third-order valence-corrected chi connectivity index (χ3v) is 7.76. The normalized spacial score (nSPS) is 27.8. The molecule has 1 amide bonds. The molecule has 3 heterocycles. The van der Waals surface area contributed by atoms with E-state index >= 15 is 0 Å². The molecule has 1 saturated carbocycles. The second-order valence-corrected chi connectivity index (χ2v) is 9.49. The fourth-order valence-electron chi connectivity index (χ4n) is 6.08. The Balaban J connectivity index is 1.51. The van der Waals surface area contributed by atoms with Gasteiger partial charge in [-0.1, -0.05) is 31.4 Å². The highest BCUT2D eigenvalue weighted by atomic mass is 19.1. The van der Waals surface area contributed by atoms with Crippen LogP contribution in [0.4, 0.5) is 4.39 Å². The SMILES string of the molecule is CN1[C@@H]2c3ccc(-c4ccc(F)cc4)c(=O)n3C[C@H]1[C@H](CO)[C@H]2C(=O)NC1CCCCC1. The Hall–Kier alpha value is -2.51. The molecule has 0 spiro atoms. The van der Waals surface area contributed by atoms with E-state index in [4.69, 9.17) is 0 Å². The van der Waals surface area contributed by atoms with Crippen molar-refractivity contribution in [3.8, 4) is 11.1 Å². The molecule has 0 unspecified atom stereocenters. The summed E-state index contributed by atoms with van der Waals surface area (Å²) in [7, 11) is 1.98. The number of likely N-dealkylation sites (N-methyl/N-ethyl adjacent to an activating group) is 1. The number of carbonyl (C=O) groups is 1. The van der Waals surface area contributed by atoms with Gasteiger partial charge in [0.2, 0.25) is 5.91 Å². The lowest BCUT2D eigenvalue weighted by Crippen LogP contribution is -2.45. The molecule has 1 aliphatic carbocycles. The first kappa shape index (κ1) is 21.3. The van der Waals surface area contributed by atoms with Crippen LogP contribution in [-0.2, 0) is 11.3 Å². The number of aromatic nitrogens is 1. The number of aliphatic hydroxyl groups is 1. The Morgan fingerprint density at radius 2 is 1.84 bits per heavy atom. The predicted molar refractivity (Wildman–Crippen MR) is 119 cm³/mol. The summed E-state index contributed by atoms with van der Waals surface area (Å²) in [6.07, 6.45) is 5.49. The zero-order valence-corrected chi connectivity index (χ0v) is 18.3. The van der Waals surface area contributed by atoms with Crippen LogP contribution in [0.2, 0.25) is 0 Å². The minimum Gasteiger partial charge on any atom is -0.396 e. The van der Waals surface area contributed by atoms with Crippen molar-refractivity contribution < 1.29 is 14.3 Å². The van der Waals surface area contributed by atoms with Crippen molar-refractivity contribution in [1.29, 1.82) is 0 Å². The number of carbonyl (C=O) groups excluding carboxylic acids is 1. The number of halogens is 1. The van der Waals surface area contributed by atoms with Crippen molar-refractivity contribution in [3.63, 3.8) is 0 Å². The number of nitrogens with zero attached hydrogens (tertiary/aromatic N) is 2. The molecule has 5 rings (SSSR count). The summed E-state index contributed by atoms with van der Waals surface area (Å²) < 4.78 is 15.1. The molecule has 4 atom stereocenters. The number of hydrogen-bond donors (Lipinski definition) is 2. The minimum atomic E-state index is -0.401. The fraction of sp³-hybridized carbons (Fsp3) is 0.520. The molecule has 3 aliphatic rings. The molecule has 7 heteroatoms. The Kier molecular flexibility index (Phi) is 5.63. The molecule has 2 bridgehead atoms. The molecule has 2 aromatic rings. The fourth-order valence-corrected chi connectivity index (χ4v) is 6.08. The topological polar surface area (TPSA) is 74.6 Å². The largest absolute Gasteiger partial charge is 0.396 e. The van der Waals surface area contributed by atoms with Crippen LogP contribution in [0, 0.1) is 17.7 Å². The van der Waals surface area contributed by atoms with Gasteiger partial charge in [0.1, 0.15) is 5.82 Å². The summed E-state index contributed by atoms with van der Waals surface area (Å²) in [5, 5.41) is 13.5. The van der Waals surface area contributed by atoms with E-state index in [2.05, 4.69) is 10.2 Å². The number of rotatable bonds is 4. The van der Waals surface area contributed by atoms with Crippen LogP contribution in [0.3, 0.4) is 0 Å². The first-order valence-corrected chi connectivity index (χ1v) is 11.6. The highest BCUT2D eigenvalue weighted by Crippen LogP contribution is 2.47. The number of amides is 1. The lowest BCUT2D eigenvalue weighted by molar-refractivity contribution is -0.128. The molecule has 170 valence electrons. The summed E-state index contributed by atoms with van der Waals surface area (Å²) in [5.74, 6) is -0.994. The second kappa shape index (κ2) is 8.45. The van der Waals surface area contributed by atoms with E-state index in [9.17, 15) is 19.1 Å². The van der Waals surface area contributed by atoms with Gasteiger partial charge in [0.25, 0.3) is 5.56 Å². The van der Waals surface area contributed by atoms with Crippen LogP contribution < -0.4 is 10.9 Å². The van der Waals surface area contributed by atoms with Crippen molar-refractivity contribution in [2.24, 2.45) is 11.8 Å². The van der Waals surface area contributed by atoms with E-state index in [0.717, 1.165) is 31.4 Å². The first-order valence-electron chi connectivity index (χ1n) is 11.6. The minimum absolute atomic E-state index is 0.0150. The molecule has 1 saturated heterocycles. The smallest absolute Gasteiger partial charge is 0.258 e. The van der Waals surface area contributed by atoms with E-state index in [0.29, 0.717) is 17.7 Å². The zero-order valence-electron chi connectivity index (χ0n) is 18.3. The Morgan fingerprint density at radius 3 is 2.53 bits per heavy atom. The number of pyridine rings is 1. The molecule has 0 radical (unpaired) electrons. The van der Waals surface area contributed by atoms with Gasteiger partial charge in [-0.2, -0.15) is 0 Å². The van der Waals surface area contributed by atoms with E-state index in [1.54, 1.807) is 22.8 Å². The molecule has 32 heavy (non-hydrogen) atoms. The number of nitrogens with one attached hydrogen (secondary N) is 1. The predicted octanol–water partition coefficient (Wildman–Crippen LogP) is 2.70. The summed E-state index contributed by atoms with van der Waals surface area (Å²) in [4.78, 5) is 29.0. The van der Waals surface area contributed by atoms with E-state index in [-0.39, 0.29) is 47.9 Å². The average molecular weight is 440 g/mol. The van der Waals surface area contributed by atoms with Crippen molar-refractivity contribution in [2.45, 2.75) is 56.8 Å². The average Bonchev–Trinajstić information content (AvgIpc) is 2.97. The molecule has 1 aromatic heterocycles. The zero-order chi connectivity index (χ0) is 22.4. The van der Waals surface area contributed by atoms with Gasteiger partial charge in [-0.15, -0.1) is 0 Å². The van der Waals surface area contributed by atoms with E-state index in [1.807, 2.05) is 13.1 Å². The monoisotopic (exact) mass is 439 g/mol. The van der Waals surface area contributed by atoms with Gasteiger partial charge in [0.05, 0.1) is 12.0 Å². The molecule has 1 aromatic carbocycles. The van der Waals surface area contributed by atoms with E-state index in [1.165, 1.54) is 18.6 Å². The standard InChI is InChI=1S/C25H30FN3O3/c1-28-21-13-29-20(12-11-18(25(29)32)15-7-9-16(26)10-8-15)23(28)22(19(21)14-30)24(31)27-17-5-3-2-4-6-17/h7-12,17,19,21-23,30H,2-6,13-14H2,1H3,(H,27,31)/t19-,21-,22+,23+/m0/s1. The van der Waals surface area contributed by atoms with Gasteiger partial charge < -0.3 is 15.0 Å². The summed E-state index contributed by atoms with van der Waals surface area (Å²) in [6.45, 7) is 0.330.